The van der Waals surface area contributed by atoms with Gasteiger partial charge < -0.3 is 9.47 Å². The molecule has 0 aromatic heterocycles. The van der Waals surface area contributed by atoms with Gasteiger partial charge in [0.05, 0.1) is 31.2 Å². The summed E-state index contributed by atoms with van der Waals surface area (Å²) in [6.45, 7) is 4.07. The number of nitro groups is 1. The van der Waals surface area contributed by atoms with Crippen LogP contribution in [-0.2, 0) is 14.3 Å². The van der Waals surface area contributed by atoms with Crippen molar-refractivity contribution in [3.63, 3.8) is 0 Å². The fraction of sp³-hybridized carbons (Fsp3) is 0.500. The summed E-state index contributed by atoms with van der Waals surface area (Å²) in [5.41, 5.74) is 0.0622. The predicted molar refractivity (Wildman–Crippen MR) is 83.6 cm³/mol. The van der Waals surface area contributed by atoms with Gasteiger partial charge in [0.15, 0.2) is 0 Å². The molecule has 0 spiro atoms. The first-order chi connectivity index (χ1) is 10.4. The van der Waals surface area contributed by atoms with Crippen molar-refractivity contribution in [2.24, 2.45) is 0 Å². The average Bonchev–Trinajstić information content (AvgIpc) is 2.50. The SMILES string of the molecule is COC(=O)C[C@@H](C)OCC(C)NSc1ccccc1[N+](=O)[O-]. The first kappa shape index (κ1) is 18.4. The smallest absolute Gasteiger partial charge is 0.308 e. The van der Waals surface area contributed by atoms with Gasteiger partial charge in [-0.15, -0.1) is 0 Å². The highest BCUT2D eigenvalue weighted by molar-refractivity contribution is 7.97. The molecule has 1 aromatic rings. The molecule has 0 saturated carbocycles. The Labute approximate surface area is 133 Å². The van der Waals surface area contributed by atoms with Gasteiger partial charge in [-0.2, -0.15) is 0 Å². The first-order valence-electron chi connectivity index (χ1n) is 6.78. The van der Waals surface area contributed by atoms with Gasteiger partial charge in [-0.3, -0.25) is 19.6 Å². The quantitative estimate of drug-likeness (QED) is 0.322. The lowest BCUT2D eigenvalue weighted by atomic mass is 10.3. The van der Waals surface area contributed by atoms with Crippen molar-refractivity contribution >= 4 is 23.6 Å². The summed E-state index contributed by atoms with van der Waals surface area (Å²) in [6, 6.07) is 6.48. The number of rotatable bonds is 9. The molecule has 0 aliphatic carbocycles. The van der Waals surface area contributed by atoms with E-state index in [4.69, 9.17) is 4.74 Å². The van der Waals surface area contributed by atoms with Gasteiger partial charge in [-0.25, -0.2) is 0 Å². The maximum Gasteiger partial charge on any atom is 0.308 e. The second kappa shape index (κ2) is 9.39. The van der Waals surface area contributed by atoms with Crippen LogP contribution in [0.25, 0.3) is 0 Å². The largest absolute Gasteiger partial charge is 0.469 e. The highest BCUT2D eigenvalue weighted by Crippen LogP contribution is 2.26. The van der Waals surface area contributed by atoms with Crippen LogP contribution >= 0.6 is 11.9 Å². The Morgan fingerprint density at radius 1 is 1.41 bits per heavy atom. The second-order valence-corrected chi connectivity index (χ2v) is 5.65. The summed E-state index contributed by atoms with van der Waals surface area (Å²) in [5.74, 6) is -0.317. The molecule has 0 saturated heterocycles. The number of methoxy groups -OCH3 is 1. The third-order valence-corrected chi connectivity index (χ3v) is 3.83. The molecule has 0 heterocycles. The van der Waals surface area contributed by atoms with Gasteiger partial charge in [-0.1, -0.05) is 12.1 Å². The summed E-state index contributed by atoms with van der Waals surface area (Å²) in [5, 5.41) is 10.9. The molecule has 1 N–H and O–H groups in total. The fourth-order valence-corrected chi connectivity index (χ4v) is 2.37. The van der Waals surface area contributed by atoms with Crippen LogP contribution in [-0.4, -0.2) is 36.8 Å². The number of nitro benzene ring substituents is 1. The van der Waals surface area contributed by atoms with Crippen LogP contribution in [0.3, 0.4) is 0 Å². The fourth-order valence-electron chi connectivity index (χ4n) is 1.58. The Hall–Kier alpha value is -1.64. The zero-order valence-electron chi connectivity index (χ0n) is 12.8. The number of carbonyl (C=O) groups is 1. The van der Waals surface area contributed by atoms with E-state index in [0.29, 0.717) is 11.5 Å². The molecule has 0 fully saturated rings. The van der Waals surface area contributed by atoms with E-state index in [1.165, 1.54) is 25.1 Å². The van der Waals surface area contributed by atoms with Crippen LogP contribution in [0, 0.1) is 10.1 Å². The number of nitrogens with zero attached hydrogens (tertiary/aromatic N) is 1. The van der Waals surface area contributed by atoms with Crippen LogP contribution in [0.5, 0.6) is 0 Å². The lowest BCUT2D eigenvalue weighted by molar-refractivity contribution is -0.387. The molecule has 22 heavy (non-hydrogen) atoms. The topological polar surface area (TPSA) is 90.7 Å². The molecule has 0 amide bonds. The van der Waals surface area contributed by atoms with Crippen molar-refractivity contribution in [2.75, 3.05) is 13.7 Å². The number of esters is 1. The van der Waals surface area contributed by atoms with E-state index in [1.54, 1.807) is 25.1 Å². The molecule has 1 rings (SSSR count). The molecule has 8 heteroatoms. The van der Waals surface area contributed by atoms with E-state index in [9.17, 15) is 14.9 Å². The van der Waals surface area contributed by atoms with Gasteiger partial charge >= 0.3 is 5.97 Å². The standard InChI is InChI=1S/C14H20N2O5S/c1-10(9-21-11(2)8-14(17)20-3)15-22-13-7-5-4-6-12(13)16(18)19/h4-7,10-11,15H,8-9H2,1-3H3/t10?,11-/m1/s1. The van der Waals surface area contributed by atoms with Gasteiger partial charge in [-0.05, 0) is 31.9 Å². The molecular weight excluding hydrogens is 308 g/mol. The van der Waals surface area contributed by atoms with E-state index < -0.39 is 4.92 Å². The third kappa shape index (κ3) is 6.42. The normalized spacial score (nSPS) is 13.4. The monoisotopic (exact) mass is 328 g/mol. The van der Waals surface area contributed by atoms with E-state index >= 15 is 0 Å². The van der Waals surface area contributed by atoms with Crippen LogP contribution in [0.4, 0.5) is 5.69 Å². The average molecular weight is 328 g/mol. The number of hydrogen-bond acceptors (Lipinski definition) is 7. The van der Waals surface area contributed by atoms with E-state index in [1.807, 2.05) is 6.92 Å². The second-order valence-electron chi connectivity index (χ2n) is 4.77. The van der Waals surface area contributed by atoms with Gasteiger partial charge in [0, 0.05) is 12.1 Å². The number of carbonyl (C=O) groups excluding carboxylic acids is 1. The van der Waals surface area contributed by atoms with Gasteiger partial charge in [0.1, 0.15) is 4.90 Å². The Balaban J connectivity index is 2.39. The minimum atomic E-state index is -0.413. The molecule has 122 valence electrons. The summed E-state index contributed by atoms with van der Waals surface area (Å²) in [4.78, 5) is 22.1. The van der Waals surface area contributed by atoms with Gasteiger partial charge in [0.25, 0.3) is 5.69 Å². The molecule has 7 nitrogen and oxygen atoms in total. The van der Waals surface area contributed by atoms with Crippen LogP contribution in [0.2, 0.25) is 0 Å². The summed E-state index contributed by atoms with van der Waals surface area (Å²) in [6.07, 6.45) is -0.0479. The number of nitrogens with one attached hydrogen (secondary N) is 1. The predicted octanol–water partition coefficient (Wildman–Crippen LogP) is 2.55. The van der Waals surface area contributed by atoms with Crippen LogP contribution < -0.4 is 4.72 Å². The summed E-state index contributed by atoms with van der Waals surface area (Å²) < 4.78 is 13.2. The van der Waals surface area contributed by atoms with Crippen molar-refractivity contribution in [1.29, 1.82) is 0 Å². The number of para-hydroxylation sites is 1. The lowest BCUT2D eigenvalue weighted by Crippen LogP contribution is -2.28. The van der Waals surface area contributed by atoms with Crippen molar-refractivity contribution in [2.45, 2.75) is 37.3 Å². The zero-order chi connectivity index (χ0) is 16.5. The maximum absolute atomic E-state index is 11.1. The Morgan fingerprint density at radius 3 is 2.73 bits per heavy atom. The number of hydrogen-bond donors (Lipinski definition) is 1. The Morgan fingerprint density at radius 2 is 2.09 bits per heavy atom. The maximum atomic E-state index is 11.1. The molecule has 0 aliphatic rings. The Bertz CT molecular complexity index is 512. The zero-order valence-corrected chi connectivity index (χ0v) is 13.6. The Kier molecular flexibility index (Phi) is 7.86. The third-order valence-electron chi connectivity index (χ3n) is 2.74. The van der Waals surface area contributed by atoms with E-state index in [-0.39, 0.29) is 30.2 Å². The van der Waals surface area contributed by atoms with Crippen LogP contribution in [0.15, 0.2) is 29.2 Å². The van der Waals surface area contributed by atoms with Gasteiger partial charge in [0.2, 0.25) is 0 Å². The minimum Gasteiger partial charge on any atom is -0.469 e. The van der Waals surface area contributed by atoms with Crippen molar-refractivity contribution in [3.8, 4) is 0 Å². The summed E-state index contributed by atoms with van der Waals surface area (Å²) in [7, 11) is 1.34. The molecule has 2 atom stereocenters. The summed E-state index contributed by atoms with van der Waals surface area (Å²) >= 11 is 1.19. The van der Waals surface area contributed by atoms with E-state index in [2.05, 4.69) is 9.46 Å². The molecule has 0 radical (unpaired) electrons. The number of ether oxygens (including phenoxy) is 2. The van der Waals surface area contributed by atoms with E-state index in [0.717, 1.165) is 0 Å². The first-order valence-corrected chi connectivity index (χ1v) is 7.60. The highest BCUT2D eigenvalue weighted by Gasteiger charge is 2.15. The van der Waals surface area contributed by atoms with Crippen molar-refractivity contribution in [3.05, 3.63) is 34.4 Å². The molecule has 1 unspecified atom stereocenters. The highest BCUT2D eigenvalue weighted by atomic mass is 32.2. The lowest BCUT2D eigenvalue weighted by Gasteiger charge is -2.17. The van der Waals surface area contributed by atoms with Crippen molar-refractivity contribution < 1.29 is 19.2 Å². The van der Waals surface area contributed by atoms with Crippen molar-refractivity contribution in [1.82, 2.24) is 4.72 Å². The molecule has 0 aliphatic heterocycles. The minimum absolute atomic E-state index is 0.0371. The molecular formula is C14H20N2O5S. The molecule has 1 aromatic carbocycles. The number of benzene rings is 1. The molecule has 0 bridgehead atoms. The van der Waals surface area contributed by atoms with Crippen LogP contribution in [0.1, 0.15) is 20.3 Å².